The number of nitrogens with zero attached hydrogens (tertiary/aromatic N) is 1. The first-order chi connectivity index (χ1) is 14.3. The summed E-state index contributed by atoms with van der Waals surface area (Å²) in [5, 5.41) is 3.66. The van der Waals surface area contributed by atoms with Gasteiger partial charge in [-0.25, -0.2) is 4.98 Å². The molecule has 0 radical (unpaired) electrons. The van der Waals surface area contributed by atoms with Gasteiger partial charge in [-0.2, -0.15) is 0 Å². The summed E-state index contributed by atoms with van der Waals surface area (Å²) < 4.78 is 0. The fourth-order valence-electron chi connectivity index (χ4n) is 3.48. The number of aryl methyl sites for hydroxylation is 1. The zero-order valence-corrected chi connectivity index (χ0v) is 20.7. The third-order valence-electron chi connectivity index (χ3n) is 5.67. The highest BCUT2D eigenvalue weighted by molar-refractivity contribution is 8.00. The van der Waals surface area contributed by atoms with Gasteiger partial charge < -0.3 is 11.1 Å². The Labute approximate surface area is 190 Å². The van der Waals surface area contributed by atoms with Crippen molar-refractivity contribution < 1.29 is 9.59 Å². The summed E-state index contributed by atoms with van der Waals surface area (Å²) in [6.45, 7) is 16.4. The summed E-state index contributed by atoms with van der Waals surface area (Å²) in [6.07, 6.45) is 0. The second kappa shape index (κ2) is 9.86. The van der Waals surface area contributed by atoms with Crippen molar-refractivity contribution in [3.63, 3.8) is 0 Å². The first-order valence-corrected chi connectivity index (χ1v) is 11.6. The van der Waals surface area contributed by atoms with Gasteiger partial charge in [0, 0.05) is 5.69 Å². The number of rotatable bonds is 7. The number of amides is 2. The lowest BCUT2D eigenvalue weighted by Gasteiger charge is -2.25. The highest BCUT2D eigenvalue weighted by atomic mass is 32.2. The lowest BCUT2D eigenvalue weighted by atomic mass is 9.85. The van der Waals surface area contributed by atoms with E-state index < -0.39 is 5.91 Å². The minimum atomic E-state index is -0.519. The van der Waals surface area contributed by atoms with Crippen LogP contribution in [0.15, 0.2) is 29.3 Å². The van der Waals surface area contributed by atoms with E-state index in [9.17, 15) is 9.59 Å². The van der Waals surface area contributed by atoms with Gasteiger partial charge in [-0.15, -0.1) is 0 Å². The number of carbonyl (C=O) groups is 2. The lowest BCUT2D eigenvalue weighted by Crippen LogP contribution is -2.33. The number of pyridine rings is 1. The van der Waals surface area contributed by atoms with Gasteiger partial charge in [0.15, 0.2) is 0 Å². The third kappa shape index (κ3) is 6.10. The molecule has 1 aromatic heterocycles. The first kappa shape index (κ1) is 24.9. The summed E-state index contributed by atoms with van der Waals surface area (Å²) in [5.74, 6) is -0.220. The molecule has 1 aromatic carbocycles. The quantitative estimate of drug-likeness (QED) is 0.592. The summed E-state index contributed by atoms with van der Waals surface area (Å²) in [6, 6.07) is 8.36. The van der Waals surface area contributed by atoms with Gasteiger partial charge >= 0.3 is 0 Å². The SMILES string of the molecule is Cc1nc(SCC(=O)NC(c2ccc(C(C)(C)C)cc2)C(C)C)c(C(N)=O)c(C)c1C. The van der Waals surface area contributed by atoms with Crippen LogP contribution in [0.25, 0.3) is 0 Å². The van der Waals surface area contributed by atoms with Crippen molar-refractivity contribution in [3.8, 4) is 0 Å². The number of primary amides is 1. The van der Waals surface area contributed by atoms with Crippen LogP contribution in [-0.4, -0.2) is 22.6 Å². The molecule has 0 spiro atoms. The Bertz CT molecular complexity index is 960. The van der Waals surface area contributed by atoms with E-state index in [0.29, 0.717) is 10.6 Å². The molecule has 0 aliphatic carbocycles. The largest absolute Gasteiger partial charge is 0.366 e. The van der Waals surface area contributed by atoms with E-state index in [2.05, 4.69) is 69.2 Å². The number of benzene rings is 1. The molecule has 2 amide bonds. The Morgan fingerprint density at radius 3 is 2.13 bits per heavy atom. The Hall–Kier alpha value is -2.34. The summed E-state index contributed by atoms with van der Waals surface area (Å²) in [7, 11) is 0. The standard InChI is InChI=1S/C25H35N3O2S/c1-14(2)22(18-9-11-19(12-10-18)25(6,7)8)28-20(29)13-31-24-21(23(26)30)16(4)15(3)17(5)27-24/h9-12,14,22H,13H2,1-8H3,(H2,26,30)(H,28,29). The molecule has 0 aliphatic heterocycles. The van der Waals surface area contributed by atoms with E-state index in [1.54, 1.807) is 0 Å². The monoisotopic (exact) mass is 441 g/mol. The molecule has 0 bridgehead atoms. The molecule has 6 heteroatoms. The van der Waals surface area contributed by atoms with Crippen molar-refractivity contribution in [3.05, 3.63) is 57.8 Å². The highest BCUT2D eigenvalue weighted by Crippen LogP contribution is 2.29. The number of nitrogens with one attached hydrogen (secondary N) is 1. The second-order valence-corrected chi connectivity index (χ2v) is 10.4. The molecule has 1 heterocycles. The van der Waals surface area contributed by atoms with Crippen LogP contribution in [0.1, 0.15) is 79.0 Å². The van der Waals surface area contributed by atoms with Crippen molar-refractivity contribution in [2.45, 2.75) is 71.9 Å². The maximum absolute atomic E-state index is 12.8. The van der Waals surface area contributed by atoms with Gasteiger partial charge in [-0.05, 0) is 54.4 Å². The number of carbonyl (C=O) groups excluding carboxylic acids is 2. The van der Waals surface area contributed by atoms with Crippen LogP contribution in [0, 0.1) is 26.7 Å². The maximum atomic E-state index is 12.8. The van der Waals surface area contributed by atoms with E-state index in [0.717, 1.165) is 22.4 Å². The predicted octanol–water partition coefficient (Wildman–Crippen LogP) is 5.01. The van der Waals surface area contributed by atoms with Gasteiger partial charge in [0.25, 0.3) is 5.91 Å². The molecule has 2 aromatic rings. The van der Waals surface area contributed by atoms with E-state index in [1.807, 2.05) is 20.8 Å². The van der Waals surface area contributed by atoms with Crippen LogP contribution in [0.5, 0.6) is 0 Å². The number of aromatic nitrogens is 1. The molecule has 0 saturated carbocycles. The van der Waals surface area contributed by atoms with E-state index in [-0.39, 0.29) is 29.0 Å². The highest BCUT2D eigenvalue weighted by Gasteiger charge is 2.22. The van der Waals surface area contributed by atoms with Gasteiger partial charge in [-0.1, -0.05) is 70.6 Å². The minimum absolute atomic E-state index is 0.0845. The first-order valence-electron chi connectivity index (χ1n) is 10.6. The molecule has 0 saturated heterocycles. The van der Waals surface area contributed by atoms with Crippen LogP contribution in [0.3, 0.4) is 0 Å². The Morgan fingerprint density at radius 2 is 1.65 bits per heavy atom. The topological polar surface area (TPSA) is 85.1 Å². The Balaban J connectivity index is 2.16. The minimum Gasteiger partial charge on any atom is -0.366 e. The van der Waals surface area contributed by atoms with Gasteiger partial charge in [0.2, 0.25) is 5.91 Å². The molecule has 3 N–H and O–H groups in total. The lowest BCUT2D eigenvalue weighted by molar-refractivity contribution is -0.119. The fraction of sp³-hybridized carbons (Fsp3) is 0.480. The fourth-order valence-corrected chi connectivity index (χ4v) is 4.43. The Morgan fingerprint density at radius 1 is 1.06 bits per heavy atom. The average molecular weight is 442 g/mol. The summed E-state index contributed by atoms with van der Waals surface area (Å²) in [5.41, 5.74) is 11.0. The molecular formula is C25H35N3O2S. The van der Waals surface area contributed by atoms with Crippen LogP contribution >= 0.6 is 11.8 Å². The number of hydrogen-bond donors (Lipinski definition) is 2. The van der Waals surface area contributed by atoms with Gasteiger partial charge in [0.05, 0.1) is 17.4 Å². The smallest absolute Gasteiger partial charge is 0.251 e. The zero-order chi connectivity index (χ0) is 23.5. The van der Waals surface area contributed by atoms with E-state index in [1.165, 1.54) is 17.3 Å². The number of thioether (sulfide) groups is 1. The van der Waals surface area contributed by atoms with Crippen LogP contribution in [0.4, 0.5) is 0 Å². The van der Waals surface area contributed by atoms with Crippen LogP contribution < -0.4 is 11.1 Å². The predicted molar refractivity (Wildman–Crippen MR) is 129 cm³/mol. The van der Waals surface area contributed by atoms with Crippen molar-refractivity contribution in [1.82, 2.24) is 10.3 Å². The van der Waals surface area contributed by atoms with Crippen LogP contribution in [0.2, 0.25) is 0 Å². The molecule has 2 rings (SSSR count). The van der Waals surface area contributed by atoms with Crippen molar-refractivity contribution in [2.75, 3.05) is 5.75 Å². The van der Waals surface area contributed by atoms with Crippen molar-refractivity contribution >= 4 is 23.6 Å². The molecule has 0 fully saturated rings. The molecule has 1 unspecified atom stereocenters. The molecular weight excluding hydrogens is 406 g/mol. The zero-order valence-electron chi connectivity index (χ0n) is 19.9. The normalized spacial score (nSPS) is 12.7. The van der Waals surface area contributed by atoms with Crippen molar-refractivity contribution in [2.24, 2.45) is 11.7 Å². The number of nitrogens with two attached hydrogens (primary N) is 1. The molecule has 0 aliphatic rings. The van der Waals surface area contributed by atoms with Crippen LogP contribution in [-0.2, 0) is 10.2 Å². The summed E-state index contributed by atoms with van der Waals surface area (Å²) in [4.78, 5) is 29.3. The van der Waals surface area contributed by atoms with Gasteiger partial charge in [-0.3, -0.25) is 9.59 Å². The van der Waals surface area contributed by atoms with Gasteiger partial charge in [0.1, 0.15) is 5.03 Å². The Kier molecular flexibility index (Phi) is 7.93. The molecule has 168 valence electrons. The third-order valence-corrected chi connectivity index (χ3v) is 6.64. The second-order valence-electron chi connectivity index (χ2n) is 9.44. The average Bonchev–Trinajstić information content (AvgIpc) is 2.67. The number of hydrogen-bond acceptors (Lipinski definition) is 4. The molecule has 5 nitrogen and oxygen atoms in total. The van der Waals surface area contributed by atoms with E-state index in [4.69, 9.17) is 5.73 Å². The maximum Gasteiger partial charge on any atom is 0.251 e. The summed E-state index contributed by atoms with van der Waals surface area (Å²) >= 11 is 1.25. The van der Waals surface area contributed by atoms with E-state index >= 15 is 0 Å². The van der Waals surface area contributed by atoms with Crippen molar-refractivity contribution in [1.29, 1.82) is 0 Å². The molecule has 1 atom stereocenters. The molecule has 31 heavy (non-hydrogen) atoms.